The molecule has 0 saturated heterocycles. The summed E-state index contributed by atoms with van der Waals surface area (Å²) in [5.41, 5.74) is 0.331. The van der Waals surface area contributed by atoms with Crippen molar-refractivity contribution in [2.75, 3.05) is 0 Å². The van der Waals surface area contributed by atoms with Crippen LogP contribution in [0.15, 0.2) is 44.4 Å². The molecule has 0 saturated carbocycles. The predicted octanol–water partition coefficient (Wildman–Crippen LogP) is 3.59. The fourth-order valence-electron chi connectivity index (χ4n) is 1.55. The first-order valence-electron chi connectivity index (χ1n) is 5.66. The Morgan fingerprint density at radius 2 is 1.95 bits per heavy atom. The van der Waals surface area contributed by atoms with Crippen molar-refractivity contribution >= 4 is 37.3 Å². The summed E-state index contributed by atoms with van der Waals surface area (Å²) in [4.78, 5) is 0. The van der Waals surface area contributed by atoms with E-state index < -0.39 is 16.6 Å². The zero-order chi connectivity index (χ0) is 15.5. The SMILES string of the molecule is O=S(=O)(NCc1ccccc1OC(F)F)c1ccc(Br)s1. The van der Waals surface area contributed by atoms with E-state index in [9.17, 15) is 17.2 Å². The van der Waals surface area contributed by atoms with E-state index in [1.807, 2.05) is 0 Å². The highest BCUT2D eigenvalue weighted by atomic mass is 79.9. The highest BCUT2D eigenvalue weighted by Crippen LogP contribution is 2.26. The van der Waals surface area contributed by atoms with Crippen LogP contribution in [0.2, 0.25) is 0 Å². The van der Waals surface area contributed by atoms with Crippen LogP contribution in [0.4, 0.5) is 8.78 Å². The molecule has 0 bridgehead atoms. The zero-order valence-electron chi connectivity index (χ0n) is 10.4. The molecule has 1 N–H and O–H groups in total. The van der Waals surface area contributed by atoms with Crippen LogP contribution in [0.1, 0.15) is 5.56 Å². The fourth-order valence-corrected chi connectivity index (χ4v) is 4.61. The molecule has 2 aromatic rings. The highest BCUT2D eigenvalue weighted by molar-refractivity contribution is 9.11. The first-order valence-corrected chi connectivity index (χ1v) is 8.75. The molecule has 0 radical (unpaired) electrons. The van der Waals surface area contributed by atoms with E-state index in [1.54, 1.807) is 12.1 Å². The molecule has 1 heterocycles. The molecule has 2 rings (SSSR count). The van der Waals surface area contributed by atoms with Gasteiger partial charge < -0.3 is 4.74 Å². The summed E-state index contributed by atoms with van der Waals surface area (Å²) < 4.78 is 56.2. The van der Waals surface area contributed by atoms with Gasteiger partial charge in [-0.3, -0.25) is 0 Å². The minimum Gasteiger partial charge on any atom is -0.434 e. The van der Waals surface area contributed by atoms with Crippen LogP contribution < -0.4 is 9.46 Å². The number of nitrogens with one attached hydrogen (secondary N) is 1. The average molecular weight is 398 g/mol. The van der Waals surface area contributed by atoms with Crippen LogP contribution in [0.5, 0.6) is 5.75 Å². The van der Waals surface area contributed by atoms with Crippen LogP contribution in [-0.4, -0.2) is 15.0 Å². The van der Waals surface area contributed by atoms with E-state index in [-0.39, 0.29) is 16.5 Å². The Hall–Kier alpha value is -1.03. The Kier molecular flexibility index (Phi) is 5.31. The zero-order valence-corrected chi connectivity index (χ0v) is 13.6. The topological polar surface area (TPSA) is 55.4 Å². The van der Waals surface area contributed by atoms with Crippen LogP contribution in [0.3, 0.4) is 0 Å². The van der Waals surface area contributed by atoms with Crippen molar-refractivity contribution in [3.63, 3.8) is 0 Å². The molecule has 0 unspecified atom stereocenters. The van der Waals surface area contributed by atoms with Gasteiger partial charge in [-0.05, 0) is 34.1 Å². The van der Waals surface area contributed by atoms with Crippen molar-refractivity contribution in [1.29, 1.82) is 0 Å². The van der Waals surface area contributed by atoms with Crippen LogP contribution in [0, 0.1) is 0 Å². The summed E-state index contributed by atoms with van der Waals surface area (Å²) in [5.74, 6) is -0.0532. The minimum atomic E-state index is -3.69. The number of rotatable bonds is 6. The molecule has 0 spiro atoms. The summed E-state index contributed by atoms with van der Waals surface area (Å²) in [6.07, 6.45) is 0. The molecule has 0 amide bonds. The molecule has 1 aromatic carbocycles. The van der Waals surface area contributed by atoms with Gasteiger partial charge in [0.1, 0.15) is 9.96 Å². The maximum atomic E-state index is 12.3. The largest absolute Gasteiger partial charge is 0.434 e. The molecule has 0 aliphatic rings. The summed E-state index contributed by atoms with van der Waals surface area (Å²) in [6, 6.07) is 9.10. The Balaban J connectivity index is 2.13. The van der Waals surface area contributed by atoms with Crippen molar-refractivity contribution in [2.24, 2.45) is 0 Å². The molecule has 21 heavy (non-hydrogen) atoms. The maximum absolute atomic E-state index is 12.3. The van der Waals surface area contributed by atoms with E-state index in [2.05, 4.69) is 25.4 Å². The summed E-state index contributed by atoms with van der Waals surface area (Å²) in [7, 11) is -3.69. The van der Waals surface area contributed by atoms with Crippen molar-refractivity contribution in [3.05, 3.63) is 45.7 Å². The van der Waals surface area contributed by atoms with Gasteiger partial charge in [0.2, 0.25) is 10.0 Å². The van der Waals surface area contributed by atoms with Crippen LogP contribution in [-0.2, 0) is 16.6 Å². The van der Waals surface area contributed by atoms with E-state index in [0.29, 0.717) is 9.35 Å². The quantitative estimate of drug-likeness (QED) is 0.809. The second-order valence-electron chi connectivity index (χ2n) is 3.87. The van der Waals surface area contributed by atoms with Crippen molar-refractivity contribution in [1.82, 2.24) is 4.72 Å². The standard InChI is InChI=1S/C12H10BrF2NO3S2/c13-10-5-6-11(20-10)21(17,18)16-7-8-3-1-2-4-9(8)19-12(14)15/h1-6,12,16H,7H2. The number of alkyl halides is 2. The van der Waals surface area contributed by atoms with Gasteiger partial charge in [-0.1, -0.05) is 18.2 Å². The van der Waals surface area contributed by atoms with Gasteiger partial charge >= 0.3 is 6.61 Å². The molecule has 0 aliphatic carbocycles. The van der Waals surface area contributed by atoms with Crippen LogP contribution in [0.25, 0.3) is 0 Å². The van der Waals surface area contributed by atoms with Crippen molar-refractivity contribution in [3.8, 4) is 5.75 Å². The van der Waals surface area contributed by atoms with E-state index >= 15 is 0 Å². The van der Waals surface area contributed by atoms with Gasteiger partial charge in [-0.2, -0.15) is 8.78 Å². The Morgan fingerprint density at radius 1 is 1.24 bits per heavy atom. The molecule has 0 atom stereocenters. The Bertz CT molecular complexity index is 719. The number of thiophene rings is 1. The second kappa shape index (κ2) is 6.82. The summed E-state index contributed by atoms with van der Waals surface area (Å²) in [6.45, 7) is -3.10. The van der Waals surface area contributed by atoms with E-state index in [4.69, 9.17) is 0 Å². The molecule has 1 aromatic heterocycles. The van der Waals surface area contributed by atoms with Crippen molar-refractivity contribution in [2.45, 2.75) is 17.4 Å². The lowest BCUT2D eigenvalue weighted by molar-refractivity contribution is -0.0504. The first-order chi connectivity index (χ1) is 9.88. The maximum Gasteiger partial charge on any atom is 0.387 e. The van der Waals surface area contributed by atoms with Gasteiger partial charge in [-0.15, -0.1) is 11.3 Å². The number of para-hydroxylation sites is 1. The Morgan fingerprint density at radius 3 is 2.57 bits per heavy atom. The number of hydrogen-bond acceptors (Lipinski definition) is 4. The van der Waals surface area contributed by atoms with Gasteiger partial charge in [0, 0.05) is 12.1 Å². The second-order valence-corrected chi connectivity index (χ2v) is 8.33. The van der Waals surface area contributed by atoms with E-state index in [1.165, 1.54) is 24.3 Å². The lowest BCUT2D eigenvalue weighted by atomic mass is 10.2. The number of hydrogen-bond donors (Lipinski definition) is 1. The summed E-state index contributed by atoms with van der Waals surface area (Å²) >= 11 is 4.24. The normalized spacial score (nSPS) is 11.8. The predicted molar refractivity (Wildman–Crippen MR) is 79.1 cm³/mol. The highest BCUT2D eigenvalue weighted by Gasteiger charge is 2.17. The lowest BCUT2D eigenvalue weighted by Gasteiger charge is -2.11. The van der Waals surface area contributed by atoms with Gasteiger partial charge in [0.15, 0.2) is 0 Å². The smallest absolute Gasteiger partial charge is 0.387 e. The number of benzene rings is 1. The number of halogens is 3. The van der Waals surface area contributed by atoms with Gasteiger partial charge in [0.25, 0.3) is 0 Å². The van der Waals surface area contributed by atoms with Gasteiger partial charge in [0.05, 0.1) is 3.79 Å². The monoisotopic (exact) mass is 397 g/mol. The fraction of sp³-hybridized carbons (Fsp3) is 0.167. The van der Waals surface area contributed by atoms with Crippen LogP contribution >= 0.6 is 27.3 Å². The molecule has 0 fully saturated rings. The third-order valence-electron chi connectivity index (χ3n) is 2.45. The third-order valence-corrected chi connectivity index (χ3v) is 5.97. The average Bonchev–Trinajstić information content (AvgIpc) is 2.85. The molecule has 9 heteroatoms. The lowest BCUT2D eigenvalue weighted by Crippen LogP contribution is -2.22. The molecule has 4 nitrogen and oxygen atoms in total. The number of sulfonamides is 1. The molecular formula is C12H10BrF2NO3S2. The third kappa shape index (κ3) is 4.47. The minimum absolute atomic E-state index is 0.0532. The number of ether oxygens (including phenoxy) is 1. The molecular weight excluding hydrogens is 388 g/mol. The van der Waals surface area contributed by atoms with Crippen molar-refractivity contribution < 1.29 is 21.9 Å². The molecule has 0 aliphatic heterocycles. The summed E-state index contributed by atoms with van der Waals surface area (Å²) in [5, 5.41) is 0. The Labute approximate surface area is 132 Å². The molecule has 114 valence electrons. The van der Waals surface area contributed by atoms with E-state index in [0.717, 1.165) is 11.3 Å². The first kappa shape index (κ1) is 16.3. The van der Waals surface area contributed by atoms with Gasteiger partial charge in [-0.25, -0.2) is 13.1 Å².